The summed E-state index contributed by atoms with van der Waals surface area (Å²) in [7, 11) is 0. The van der Waals surface area contributed by atoms with Crippen LogP contribution in [0.15, 0.2) is 48.5 Å². The number of carbonyl (C=O) groups excluding carboxylic acids is 2. The van der Waals surface area contributed by atoms with Gasteiger partial charge in [-0.15, -0.1) is 0 Å². The van der Waals surface area contributed by atoms with Crippen LogP contribution in [-0.2, 0) is 11.3 Å². The van der Waals surface area contributed by atoms with E-state index in [-0.39, 0.29) is 11.9 Å². The molecular formula is C22H26ClN3O2. The fourth-order valence-corrected chi connectivity index (χ4v) is 3.64. The van der Waals surface area contributed by atoms with Crippen LogP contribution in [0.25, 0.3) is 0 Å². The van der Waals surface area contributed by atoms with Gasteiger partial charge in [0.05, 0.1) is 5.41 Å². The molecule has 1 aliphatic rings. The van der Waals surface area contributed by atoms with Gasteiger partial charge in [-0.05, 0) is 49.9 Å². The van der Waals surface area contributed by atoms with E-state index in [1.165, 1.54) is 0 Å². The molecule has 2 aromatic rings. The molecule has 6 heteroatoms. The number of carbonyl (C=O) groups is 2. The maximum Gasteiger partial charge on any atom is 0.321 e. The van der Waals surface area contributed by atoms with Crippen molar-refractivity contribution in [3.63, 3.8) is 0 Å². The van der Waals surface area contributed by atoms with Gasteiger partial charge in [-0.3, -0.25) is 4.79 Å². The predicted molar refractivity (Wildman–Crippen MR) is 112 cm³/mol. The number of likely N-dealkylation sites (tertiary alicyclic amines) is 1. The number of benzene rings is 2. The number of hydrogen-bond donors (Lipinski definition) is 2. The molecule has 148 valence electrons. The highest BCUT2D eigenvalue weighted by Crippen LogP contribution is 2.30. The molecule has 1 aliphatic heterocycles. The third-order valence-corrected chi connectivity index (χ3v) is 5.66. The molecule has 0 saturated carbocycles. The highest BCUT2D eigenvalue weighted by Gasteiger charge is 2.39. The Balaban J connectivity index is 1.60. The quantitative estimate of drug-likeness (QED) is 0.789. The first-order chi connectivity index (χ1) is 13.4. The van der Waals surface area contributed by atoms with Gasteiger partial charge in [0.1, 0.15) is 0 Å². The van der Waals surface area contributed by atoms with Crippen LogP contribution in [0.2, 0.25) is 5.02 Å². The molecule has 0 bridgehead atoms. The molecule has 5 nitrogen and oxygen atoms in total. The van der Waals surface area contributed by atoms with E-state index < -0.39 is 5.41 Å². The lowest BCUT2D eigenvalue weighted by Gasteiger charge is -2.39. The first-order valence-electron chi connectivity index (χ1n) is 9.52. The zero-order valence-corrected chi connectivity index (χ0v) is 17.1. The lowest BCUT2D eigenvalue weighted by atomic mass is 9.81. The number of halogens is 1. The van der Waals surface area contributed by atoms with Gasteiger partial charge in [0, 0.05) is 30.3 Å². The molecule has 1 atom stereocenters. The summed E-state index contributed by atoms with van der Waals surface area (Å²) in [6.07, 6.45) is 1.55. The Morgan fingerprint density at radius 3 is 2.64 bits per heavy atom. The largest absolute Gasteiger partial charge is 0.351 e. The van der Waals surface area contributed by atoms with E-state index in [9.17, 15) is 9.59 Å². The molecule has 3 amide bonds. The third-order valence-electron chi connectivity index (χ3n) is 5.25. The molecule has 3 rings (SSSR count). The molecule has 1 heterocycles. The fraction of sp³-hybridized carbons (Fsp3) is 0.364. The van der Waals surface area contributed by atoms with Gasteiger partial charge < -0.3 is 15.5 Å². The lowest BCUT2D eigenvalue weighted by molar-refractivity contribution is -0.132. The van der Waals surface area contributed by atoms with Crippen molar-refractivity contribution in [2.75, 3.05) is 18.4 Å². The molecule has 1 saturated heterocycles. The summed E-state index contributed by atoms with van der Waals surface area (Å²) in [4.78, 5) is 27.2. The molecule has 0 aliphatic carbocycles. The Morgan fingerprint density at radius 1 is 1.18 bits per heavy atom. The van der Waals surface area contributed by atoms with Crippen molar-refractivity contribution in [2.24, 2.45) is 5.41 Å². The van der Waals surface area contributed by atoms with Crippen LogP contribution in [0.1, 0.15) is 30.9 Å². The first kappa shape index (κ1) is 20.2. The number of nitrogens with zero attached hydrogens (tertiary/aromatic N) is 1. The molecule has 2 N–H and O–H groups in total. The summed E-state index contributed by atoms with van der Waals surface area (Å²) in [5.74, 6) is -0.0211. The summed E-state index contributed by atoms with van der Waals surface area (Å²) < 4.78 is 0. The minimum absolute atomic E-state index is 0.0211. The molecule has 0 radical (unpaired) electrons. The smallest absolute Gasteiger partial charge is 0.321 e. The van der Waals surface area contributed by atoms with E-state index >= 15 is 0 Å². The number of hydrogen-bond acceptors (Lipinski definition) is 2. The van der Waals surface area contributed by atoms with Crippen molar-refractivity contribution in [1.82, 2.24) is 10.2 Å². The Morgan fingerprint density at radius 2 is 1.93 bits per heavy atom. The van der Waals surface area contributed by atoms with Crippen LogP contribution in [0.4, 0.5) is 10.5 Å². The van der Waals surface area contributed by atoms with Crippen LogP contribution in [0, 0.1) is 12.3 Å². The summed E-state index contributed by atoms with van der Waals surface area (Å²) in [6.45, 7) is 5.35. The van der Waals surface area contributed by atoms with Crippen LogP contribution in [0.5, 0.6) is 0 Å². The monoisotopic (exact) mass is 399 g/mol. The molecule has 1 unspecified atom stereocenters. The molecule has 0 aromatic heterocycles. The molecule has 1 fully saturated rings. The minimum atomic E-state index is -0.602. The third kappa shape index (κ3) is 4.84. The summed E-state index contributed by atoms with van der Waals surface area (Å²) in [5.41, 5.74) is 2.07. The zero-order chi connectivity index (χ0) is 20.1. The second-order valence-corrected chi connectivity index (χ2v) is 8.06. The van der Waals surface area contributed by atoms with E-state index in [1.807, 2.05) is 56.3 Å². The average Bonchev–Trinajstić information content (AvgIpc) is 2.69. The normalized spacial score (nSPS) is 19.2. The van der Waals surface area contributed by atoms with E-state index in [4.69, 9.17) is 11.6 Å². The summed E-state index contributed by atoms with van der Waals surface area (Å²) in [6, 6.07) is 15.0. The average molecular weight is 400 g/mol. The molecule has 2 aromatic carbocycles. The highest BCUT2D eigenvalue weighted by atomic mass is 35.5. The number of piperidine rings is 1. The van der Waals surface area contributed by atoms with Crippen molar-refractivity contribution >= 4 is 29.2 Å². The van der Waals surface area contributed by atoms with Crippen LogP contribution < -0.4 is 10.6 Å². The maximum absolute atomic E-state index is 12.8. The molecular weight excluding hydrogens is 374 g/mol. The lowest BCUT2D eigenvalue weighted by Crippen LogP contribution is -2.52. The van der Waals surface area contributed by atoms with Gasteiger partial charge in [0.25, 0.3) is 0 Å². The van der Waals surface area contributed by atoms with Crippen molar-refractivity contribution in [3.05, 3.63) is 64.7 Å². The van der Waals surface area contributed by atoms with E-state index in [0.29, 0.717) is 30.3 Å². The number of urea groups is 1. The molecule has 0 spiro atoms. The Hall–Kier alpha value is -2.53. The Labute approximate surface area is 171 Å². The van der Waals surface area contributed by atoms with Gasteiger partial charge in [-0.25, -0.2) is 4.79 Å². The van der Waals surface area contributed by atoms with Crippen LogP contribution in [-0.4, -0.2) is 29.9 Å². The van der Waals surface area contributed by atoms with Crippen LogP contribution in [0.3, 0.4) is 0 Å². The maximum atomic E-state index is 12.8. The van der Waals surface area contributed by atoms with Crippen molar-refractivity contribution in [3.8, 4) is 0 Å². The zero-order valence-electron chi connectivity index (χ0n) is 16.3. The van der Waals surface area contributed by atoms with Crippen molar-refractivity contribution in [1.29, 1.82) is 0 Å². The van der Waals surface area contributed by atoms with Gasteiger partial charge in [-0.1, -0.05) is 48.0 Å². The van der Waals surface area contributed by atoms with Crippen molar-refractivity contribution < 1.29 is 9.59 Å². The second-order valence-electron chi connectivity index (χ2n) is 7.65. The highest BCUT2D eigenvalue weighted by molar-refractivity contribution is 6.31. The van der Waals surface area contributed by atoms with E-state index in [2.05, 4.69) is 10.6 Å². The molecule has 28 heavy (non-hydrogen) atoms. The predicted octanol–water partition coefficient (Wildman–Crippen LogP) is 4.60. The number of aryl methyl sites for hydroxylation is 1. The van der Waals surface area contributed by atoms with Crippen LogP contribution >= 0.6 is 11.6 Å². The van der Waals surface area contributed by atoms with Gasteiger partial charge >= 0.3 is 6.03 Å². The standard InChI is InChI=1S/C22H26ClN3O2/c1-16-9-10-18(13-19(16)23)25-21(28)26-12-6-11-22(2,15-26)20(27)24-14-17-7-4-3-5-8-17/h3-5,7-10,13H,6,11-12,14-15H2,1-2H3,(H,24,27)(H,25,28). The Bertz CT molecular complexity index is 856. The Kier molecular flexibility index (Phi) is 6.25. The summed E-state index contributed by atoms with van der Waals surface area (Å²) >= 11 is 6.14. The topological polar surface area (TPSA) is 61.4 Å². The van der Waals surface area contributed by atoms with Crippen molar-refractivity contribution in [2.45, 2.75) is 33.2 Å². The number of anilines is 1. The fourth-order valence-electron chi connectivity index (χ4n) is 3.46. The number of nitrogens with one attached hydrogen (secondary N) is 2. The van der Waals surface area contributed by atoms with Gasteiger partial charge in [0.15, 0.2) is 0 Å². The van der Waals surface area contributed by atoms with E-state index in [0.717, 1.165) is 24.0 Å². The number of rotatable bonds is 4. The van der Waals surface area contributed by atoms with Gasteiger partial charge in [-0.2, -0.15) is 0 Å². The first-order valence-corrected chi connectivity index (χ1v) is 9.89. The summed E-state index contributed by atoms with van der Waals surface area (Å²) in [5, 5.41) is 6.51. The second kappa shape index (κ2) is 8.65. The number of amides is 3. The minimum Gasteiger partial charge on any atom is -0.351 e. The SMILES string of the molecule is Cc1ccc(NC(=O)N2CCCC(C)(C(=O)NCc3ccccc3)C2)cc1Cl. The van der Waals surface area contributed by atoms with E-state index in [1.54, 1.807) is 11.0 Å². The van der Waals surface area contributed by atoms with Gasteiger partial charge in [0.2, 0.25) is 5.91 Å².